The van der Waals surface area contributed by atoms with Crippen LogP contribution >= 0.6 is 0 Å². The molecule has 0 aromatic carbocycles. The summed E-state index contributed by atoms with van der Waals surface area (Å²) >= 11 is 0. The number of amides is 3. The lowest BCUT2D eigenvalue weighted by atomic mass is 10.00. The molecule has 0 radical (unpaired) electrons. The minimum Gasteiger partial charge on any atom is -0.448 e. The predicted molar refractivity (Wildman–Crippen MR) is 126 cm³/mol. The molecule has 3 rings (SSSR count). The Kier molecular flexibility index (Phi) is 7.96. The zero-order chi connectivity index (χ0) is 26.7. The second-order valence-electron chi connectivity index (χ2n) is 8.29. The molecule has 0 unspecified atom stereocenters. The summed E-state index contributed by atoms with van der Waals surface area (Å²) in [5, 5.41) is 3.48. The van der Waals surface area contributed by atoms with Crippen molar-refractivity contribution in [3.63, 3.8) is 0 Å². The van der Waals surface area contributed by atoms with Crippen LogP contribution in [0.15, 0.2) is 23.9 Å². The van der Waals surface area contributed by atoms with E-state index in [0.29, 0.717) is 0 Å². The lowest BCUT2D eigenvalue weighted by molar-refractivity contribution is -0.168. The topological polar surface area (TPSA) is 213 Å². The molecule has 2 saturated heterocycles. The van der Waals surface area contributed by atoms with Crippen molar-refractivity contribution in [2.45, 2.75) is 30.2 Å². The van der Waals surface area contributed by atoms with Crippen LogP contribution in [0, 0.1) is 0 Å². The molecule has 14 nitrogen and oxygen atoms in total. The van der Waals surface area contributed by atoms with E-state index in [2.05, 4.69) is 15.6 Å². The quantitative estimate of drug-likeness (QED) is 0.159. The van der Waals surface area contributed by atoms with Crippen molar-refractivity contribution in [2.24, 2.45) is 11.5 Å². The van der Waals surface area contributed by atoms with E-state index in [4.69, 9.17) is 20.9 Å². The van der Waals surface area contributed by atoms with Crippen LogP contribution in [0.5, 0.6) is 0 Å². The molecule has 3 amide bonds. The molecule has 2 aliphatic heterocycles. The third-order valence-corrected chi connectivity index (χ3v) is 8.37. The minimum absolute atomic E-state index is 0.103. The van der Waals surface area contributed by atoms with Crippen molar-refractivity contribution in [1.29, 1.82) is 0 Å². The van der Waals surface area contributed by atoms with Crippen LogP contribution in [0.4, 0.5) is 4.79 Å². The van der Waals surface area contributed by atoms with Gasteiger partial charge in [0.15, 0.2) is 20.0 Å². The lowest BCUT2D eigenvalue weighted by Gasteiger charge is -2.38. The highest BCUT2D eigenvalue weighted by molar-refractivity contribution is 7.94. The van der Waals surface area contributed by atoms with Gasteiger partial charge in [-0.3, -0.25) is 24.3 Å². The number of hydrogen-bond donors (Lipinski definition) is 4. The van der Waals surface area contributed by atoms with Crippen molar-refractivity contribution >= 4 is 39.8 Å². The molecule has 6 N–H and O–H groups in total. The van der Waals surface area contributed by atoms with Crippen LogP contribution in [-0.2, 0) is 28.9 Å². The summed E-state index contributed by atoms with van der Waals surface area (Å²) in [6, 6.07) is 2.85. The first-order valence-electron chi connectivity index (χ1n) is 11.0. The smallest absolute Gasteiger partial charge is 0.407 e. The van der Waals surface area contributed by atoms with E-state index < -0.39 is 56.7 Å². The number of β-lactam (4-membered cyclic amide) rings is 1. The molecule has 0 aliphatic carbocycles. The van der Waals surface area contributed by atoms with Crippen LogP contribution in [0.25, 0.3) is 6.08 Å². The molecular formula is C21H28N6O8S. The summed E-state index contributed by atoms with van der Waals surface area (Å²) < 4.78 is 35.5. The molecule has 3 heterocycles. The number of sulfone groups is 1. The van der Waals surface area contributed by atoms with Gasteiger partial charge in [0.1, 0.15) is 6.61 Å². The van der Waals surface area contributed by atoms with E-state index in [0.717, 1.165) is 11.8 Å². The van der Waals surface area contributed by atoms with Gasteiger partial charge in [0.2, 0.25) is 6.23 Å². The first kappa shape index (κ1) is 27.0. The Labute approximate surface area is 207 Å². The molecule has 0 spiro atoms. The maximum absolute atomic E-state index is 13.6. The number of carbonyl (C=O) groups excluding carboxylic acids is 4. The Hall–Kier alpha value is -3.56. The van der Waals surface area contributed by atoms with Gasteiger partial charge in [-0.2, -0.15) is 0 Å². The molecule has 1 aromatic rings. The summed E-state index contributed by atoms with van der Waals surface area (Å²) in [5.41, 5.74) is 11.0. The van der Waals surface area contributed by atoms with E-state index in [1.165, 1.54) is 31.3 Å². The molecule has 196 valence electrons. The van der Waals surface area contributed by atoms with Crippen LogP contribution < -0.4 is 22.1 Å². The summed E-state index contributed by atoms with van der Waals surface area (Å²) in [6.45, 7) is 2.37. The van der Waals surface area contributed by atoms with Crippen LogP contribution in [0.3, 0.4) is 0 Å². The Bertz CT molecular complexity index is 1200. The highest BCUT2D eigenvalue weighted by Gasteiger charge is 2.72. The van der Waals surface area contributed by atoms with Gasteiger partial charge in [-0.1, -0.05) is 0 Å². The zero-order valence-electron chi connectivity index (χ0n) is 19.7. The number of alkyl carbamates (subject to hydrolysis) is 1. The number of fused-ring (bicyclic) bond motifs is 1. The molecule has 2 fully saturated rings. The first-order chi connectivity index (χ1) is 17.0. The van der Waals surface area contributed by atoms with Gasteiger partial charge in [0.05, 0.1) is 11.3 Å². The second-order valence-corrected chi connectivity index (χ2v) is 10.8. The Morgan fingerprint density at radius 3 is 2.53 bits per heavy atom. The maximum atomic E-state index is 13.6. The summed E-state index contributed by atoms with van der Waals surface area (Å²) in [5.74, 6) is -1.94. The number of nitrogens with one attached hydrogen (secondary N) is 2. The predicted octanol–water partition coefficient (Wildman–Crippen LogP) is -1.92. The fourth-order valence-corrected chi connectivity index (χ4v) is 6.04. The molecule has 1 aromatic heterocycles. The molecule has 3 atom stereocenters. The number of pyridine rings is 1. The summed E-state index contributed by atoms with van der Waals surface area (Å²) in [6.07, 6.45) is 0.154. The molecular weight excluding hydrogens is 496 g/mol. The fourth-order valence-electron chi connectivity index (χ4n) is 3.86. The monoisotopic (exact) mass is 524 g/mol. The van der Waals surface area contributed by atoms with Crippen molar-refractivity contribution in [2.75, 3.05) is 32.8 Å². The van der Waals surface area contributed by atoms with E-state index in [1.54, 1.807) is 0 Å². The fraction of sp³-hybridized carbons (Fsp3) is 0.476. The van der Waals surface area contributed by atoms with E-state index in [9.17, 15) is 27.6 Å². The highest BCUT2D eigenvalue weighted by atomic mass is 32.2. The highest BCUT2D eigenvalue weighted by Crippen LogP contribution is 2.49. The second kappa shape index (κ2) is 10.6. The Morgan fingerprint density at radius 1 is 1.22 bits per heavy atom. The average Bonchev–Trinajstić information content (AvgIpc) is 2.98. The van der Waals surface area contributed by atoms with Gasteiger partial charge in [0, 0.05) is 44.9 Å². The molecule has 36 heavy (non-hydrogen) atoms. The molecule has 0 bridgehead atoms. The zero-order valence-corrected chi connectivity index (χ0v) is 20.5. The van der Waals surface area contributed by atoms with Crippen molar-refractivity contribution in [3.05, 3.63) is 35.2 Å². The van der Waals surface area contributed by atoms with Crippen molar-refractivity contribution < 1.29 is 37.1 Å². The SMILES string of the molecule is CC(=O)O[C@@H]1N2C(=O)/C(=C/c3cc(C(=O)NCCN)ccn3)[C@H]2S(=O)(=O)[C@@]1(C)COC(=O)NCCN. The van der Waals surface area contributed by atoms with Gasteiger partial charge in [0.25, 0.3) is 11.8 Å². The number of esters is 1. The minimum atomic E-state index is -4.27. The molecule has 15 heteroatoms. The van der Waals surface area contributed by atoms with Crippen LogP contribution in [0.2, 0.25) is 0 Å². The Balaban J connectivity index is 1.93. The molecule has 0 saturated carbocycles. The number of nitrogens with zero attached hydrogens (tertiary/aromatic N) is 2. The first-order valence-corrected chi connectivity index (χ1v) is 12.5. The van der Waals surface area contributed by atoms with Gasteiger partial charge in [-0.25, -0.2) is 13.2 Å². The third-order valence-electron chi connectivity index (χ3n) is 5.68. The van der Waals surface area contributed by atoms with Gasteiger partial charge in [-0.15, -0.1) is 0 Å². The standard InChI is InChI=1S/C21H28N6O8S/c1-12(28)35-19-21(2,11-34-20(31)26-8-5-23)36(32,33)18-15(17(30)27(18)19)10-14-9-13(3-6-24-14)16(29)25-7-4-22/h3,6,9-10,18-19H,4-5,7-8,11,22-23H2,1-2H3,(H,25,29)(H,26,31)/b15-10-/t18-,19+,21+/m1/s1. The van der Waals surface area contributed by atoms with Crippen LogP contribution in [0.1, 0.15) is 29.9 Å². The average molecular weight is 525 g/mol. The number of hydrogen-bond acceptors (Lipinski definition) is 11. The third kappa shape index (κ3) is 4.89. The molecule has 2 aliphatic rings. The number of nitrogens with two attached hydrogens (primary N) is 2. The lowest BCUT2D eigenvalue weighted by Crippen LogP contribution is -2.58. The van der Waals surface area contributed by atoms with E-state index in [1.807, 2.05) is 0 Å². The van der Waals surface area contributed by atoms with Gasteiger partial charge < -0.3 is 31.6 Å². The number of carbonyl (C=O) groups is 4. The van der Waals surface area contributed by atoms with Crippen molar-refractivity contribution in [1.82, 2.24) is 20.5 Å². The van der Waals surface area contributed by atoms with E-state index >= 15 is 0 Å². The Morgan fingerprint density at radius 2 is 1.89 bits per heavy atom. The van der Waals surface area contributed by atoms with Gasteiger partial charge >= 0.3 is 12.1 Å². The van der Waals surface area contributed by atoms with Crippen LogP contribution in [-0.4, -0.2) is 91.3 Å². The van der Waals surface area contributed by atoms with Gasteiger partial charge in [-0.05, 0) is 25.1 Å². The summed E-state index contributed by atoms with van der Waals surface area (Å²) in [7, 11) is -4.27. The normalized spacial score (nSPS) is 25.1. The van der Waals surface area contributed by atoms with E-state index in [-0.39, 0.29) is 43.0 Å². The number of aromatic nitrogens is 1. The number of ether oxygens (including phenoxy) is 2. The largest absolute Gasteiger partial charge is 0.448 e. The summed E-state index contributed by atoms with van der Waals surface area (Å²) in [4.78, 5) is 53.9. The maximum Gasteiger partial charge on any atom is 0.407 e. The number of rotatable bonds is 9. The van der Waals surface area contributed by atoms with Crippen molar-refractivity contribution in [3.8, 4) is 0 Å².